The van der Waals surface area contributed by atoms with Crippen molar-refractivity contribution in [3.63, 3.8) is 0 Å². The van der Waals surface area contributed by atoms with Crippen LogP contribution in [0, 0.1) is 0 Å². The van der Waals surface area contributed by atoms with E-state index in [9.17, 15) is 18.0 Å². The van der Waals surface area contributed by atoms with Gasteiger partial charge in [-0.05, 0) is 30.3 Å². The second-order valence-electron chi connectivity index (χ2n) is 5.83. The number of sulfonamides is 1. The molecule has 10 heteroatoms. The van der Waals surface area contributed by atoms with Crippen molar-refractivity contribution in [1.82, 2.24) is 9.21 Å². The summed E-state index contributed by atoms with van der Waals surface area (Å²) in [6, 6.07) is 9.31. The smallest absolute Gasteiger partial charge is 0.337 e. The predicted molar refractivity (Wildman–Crippen MR) is 102 cm³/mol. The van der Waals surface area contributed by atoms with Crippen molar-refractivity contribution >= 4 is 44.8 Å². The number of rotatable bonds is 4. The summed E-state index contributed by atoms with van der Waals surface area (Å²) in [5.74, 6) is -0.771. The van der Waals surface area contributed by atoms with Crippen LogP contribution in [0.5, 0.6) is 0 Å². The maximum absolute atomic E-state index is 12.7. The quantitative estimate of drug-likeness (QED) is 0.698. The van der Waals surface area contributed by atoms with E-state index in [0.29, 0.717) is 15.5 Å². The largest absolute Gasteiger partial charge is 0.465 e. The zero-order valence-electron chi connectivity index (χ0n) is 14.4. The molecule has 1 fully saturated rings. The van der Waals surface area contributed by atoms with Crippen LogP contribution in [0.4, 0.5) is 0 Å². The number of hydrogen-bond donors (Lipinski definition) is 0. The average Bonchev–Trinajstić information content (AvgIpc) is 3.14. The normalized spacial score (nSPS) is 15.6. The summed E-state index contributed by atoms with van der Waals surface area (Å²) in [7, 11) is -2.33. The van der Waals surface area contributed by atoms with Gasteiger partial charge in [-0.2, -0.15) is 4.31 Å². The molecule has 1 aromatic carbocycles. The van der Waals surface area contributed by atoms with Gasteiger partial charge in [-0.25, -0.2) is 13.2 Å². The Labute approximate surface area is 166 Å². The second-order valence-corrected chi connectivity index (χ2v) is 9.71. The van der Waals surface area contributed by atoms with Gasteiger partial charge in [0.05, 0.1) is 17.0 Å². The first-order chi connectivity index (χ1) is 12.8. The van der Waals surface area contributed by atoms with Crippen LogP contribution in [0.25, 0.3) is 0 Å². The first kappa shape index (κ1) is 19.8. The fraction of sp³-hybridized carbons (Fsp3) is 0.294. The van der Waals surface area contributed by atoms with Crippen LogP contribution in [0.15, 0.2) is 40.6 Å². The zero-order valence-corrected chi connectivity index (χ0v) is 16.8. The van der Waals surface area contributed by atoms with Gasteiger partial charge in [-0.3, -0.25) is 4.79 Å². The number of nitrogens with zero attached hydrogens (tertiary/aromatic N) is 2. The number of hydrogen-bond acceptors (Lipinski definition) is 6. The van der Waals surface area contributed by atoms with E-state index in [1.54, 1.807) is 29.2 Å². The van der Waals surface area contributed by atoms with E-state index in [2.05, 4.69) is 4.74 Å². The SMILES string of the molecule is COC(=O)c1cccc(C(=O)N2CCN(S(=O)(=O)c3ccc(Cl)s3)CC2)c1. The third-order valence-corrected chi connectivity index (χ3v) is 7.80. The van der Waals surface area contributed by atoms with E-state index in [0.717, 1.165) is 11.3 Å². The summed E-state index contributed by atoms with van der Waals surface area (Å²) in [6.45, 7) is 0.916. The molecule has 2 aromatic rings. The van der Waals surface area contributed by atoms with Crippen LogP contribution in [-0.4, -0.2) is 62.8 Å². The van der Waals surface area contributed by atoms with Crippen molar-refractivity contribution in [3.8, 4) is 0 Å². The van der Waals surface area contributed by atoms with Crippen molar-refractivity contribution in [3.05, 3.63) is 51.9 Å². The number of thiophene rings is 1. The molecule has 0 saturated carbocycles. The van der Waals surface area contributed by atoms with Crippen LogP contribution >= 0.6 is 22.9 Å². The molecule has 1 aliphatic heterocycles. The minimum absolute atomic E-state index is 0.193. The molecule has 3 rings (SSSR count). The number of methoxy groups -OCH3 is 1. The first-order valence-electron chi connectivity index (χ1n) is 8.06. The topological polar surface area (TPSA) is 84.0 Å². The Hall–Kier alpha value is -1.94. The number of carbonyl (C=O) groups excluding carboxylic acids is 2. The third-order valence-electron chi connectivity index (χ3n) is 4.20. The summed E-state index contributed by atoms with van der Waals surface area (Å²) < 4.78 is 31.9. The molecule has 1 aromatic heterocycles. The van der Waals surface area contributed by atoms with Gasteiger partial charge in [-0.1, -0.05) is 17.7 Å². The minimum Gasteiger partial charge on any atom is -0.465 e. The summed E-state index contributed by atoms with van der Waals surface area (Å²) in [5, 5.41) is 0. The molecule has 144 valence electrons. The fourth-order valence-corrected chi connectivity index (χ4v) is 5.83. The molecule has 0 aliphatic carbocycles. The number of halogens is 1. The maximum Gasteiger partial charge on any atom is 0.337 e. The molecule has 0 spiro atoms. The molecule has 0 bridgehead atoms. The summed E-state index contributed by atoms with van der Waals surface area (Å²) in [4.78, 5) is 25.9. The molecule has 1 saturated heterocycles. The van der Waals surface area contributed by atoms with Crippen molar-refractivity contribution in [2.24, 2.45) is 0 Å². The van der Waals surface area contributed by atoms with Crippen LogP contribution in [-0.2, 0) is 14.8 Å². The summed E-state index contributed by atoms with van der Waals surface area (Å²) in [5.41, 5.74) is 0.651. The molecular formula is C17H17ClN2O5S2. The first-order valence-corrected chi connectivity index (χ1v) is 10.7. The Kier molecular flexibility index (Phi) is 5.85. The molecule has 0 unspecified atom stereocenters. The van der Waals surface area contributed by atoms with Crippen LogP contribution in [0.2, 0.25) is 4.34 Å². The Morgan fingerprint density at radius 2 is 1.74 bits per heavy atom. The summed E-state index contributed by atoms with van der Waals surface area (Å²) >= 11 is 6.84. The minimum atomic E-state index is -3.61. The van der Waals surface area contributed by atoms with Crippen molar-refractivity contribution in [1.29, 1.82) is 0 Å². The Bertz CT molecular complexity index is 965. The lowest BCUT2D eigenvalue weighted by Gasteiger charge is -2.33. The zero-order chi connectivity index (χ0) is 19.6. The molecule has 0 radical (unpaired) electrons. The van der Waals surface area contributed by atoms with E-state index in [-0.39, 0.29) is 36.3 Å². The second kappa shape index (κ2) is 7.97. The number of esters is 1. The highest BCUT2D eigenvalue weighted by molar-refractivity contribution is 7.91. The lowest BCUT2D eigenvalue weighted by molar-refractivity contribution is 0.0600. The Morgan fingerprint density at radius 3 is 2.33 bits per heavy atom. The van der Waals surface area contributed by atoms with Gasteiger partial charge in [0.2, 0.25) is 0 Å². The number of benzene rings is 1. The lowest BCUT2D eigenvalue weighted by Crippen LogP contribution is -2.50. The molecule has 2 heterocycles. The molecule has 0 atom stereocenters. The van der Waals surface area contributed by atoms with E-state index in [4.69, 9.17) is 11.6 Å². The van der Waals surface area contributed by atoms with E-state index in [1.807, 2.05) is 0 Å². The Morgan fingerprint density at radius 1 is 1.07 bits per heavy atom. The highest BCUT2D eigenvalue weighted by Gasteiger charge is 2.31. The molecule has 1 amide bonds. The van der Waals surface area contributed by atoms with Gasteiger partial charge in [0, 0.05) is 31.7 Å². The molecule has 1 aliphatic rings. The van der Waals surface area contributed by atoms with Crippen LogP contribution in [0.1, 0.15) is 20.7 Å². The Balaban J connectivity index is 1.69. The molecular weight excluding hydrogens is 412 g/mol. The number of piperazine rings is 1. The number of ether oxygens (including phenoxy) is 1. The third kappa shape index (κ3) is 4.16. The van der Waals surface area contributed by atoms with Gasteiger partial charge in [0.25, 0.3) is 15.9 Å². The van der Waals surface area contributed by atoms with Crippen molar-refractivity contribution < 1.29 is 22.7 Å². The highest BCUT2D eigenvalue weighted by atomic mass is 35.5. The van der Waals surface area contributed by atoms with E-state index < -0.39 is 16.0 Å². The molecule has 27 heavy (non-hydrogen) atoms. The average molecular weight is 429 g/mol. The van der Waals surface area contributed by atoms with Gasteiger partial charge in [-0.15, -0.1) is 11.3 Å². The van der Waals surface area contributed by atoms with Crippen LogP contribution in [0.3, 0.4) is 0 Å². The van der Waals surface area contributed by atoms with E-state index in [1.165, 1.54) is 23.5 Å². The molecule has 7 nitrogen and oxygen atoms in total. The van der Waals surface area contributed by atoms with Crippen molar-refractivity contribution in [2.45, 2.75) is 4.21 Å². The highest BCUT2D eigenvalue weighted by Crippen LogP contribution is 2.28. The lowest BCUT2D eigenvalue weighted by atomic mass is 10.1. The monoisotopic (exact) mass is 428 g/mol. The standard InChI is InChI=1S/C17H17ClN2O5S2/c1-25-17(22)13-4-2-3-12(11-13)16(21)19-7-9-20(10-8-19)27(23,24)15-6-5-14(18)26-15/h2-6,11H,7-10H2,1H3. The number of amides is 1. The van der Waals surface area contributed by atoms with Gasteiger partial charge in [0.15, 0.2) is 0 Å². The van der Waals surface area contributed by atoms with Crippen molar-refractivity contribution in [2.75, 3.05) is 33.3 Å². The summed E-state index contributed by atoms with van der Waals surface area (Å²) in [6.07, 6.45) is 0. The fourth-order valence-electron chi connectivity index (χ4n) is 2.77. The van der Waals surface area contributed by atoms with Crippen LogP contribution < -0.4 is 0 Å². The van der Waals surface area contributed by atoms with Gasteiger partial charge in [0.1, 0.15) is 4.21 Å². The maximum atomic E-state index is 12.7. The number of carbonyl (C=O) groups is 2. The predicted octanol–water partition coefficient (Wildman–Crippen LogP) is 2.33. The molecule has 0 N–H and O–H groups in total. The van der Waals surface area contributed by atoms with E-state index >= 15 is 0 Å². The van der Waals surface area contributed by atoms with Gasteiger partial charge >= 0.3 is 5.97 Å². The van der Waals surface area contributed by atoms with Gasteiger partial charge < -0.3 is 9.64 Å².